The van der Waals surface area contributed by atoms with E-state index in [1.54, 1.807) is 0 Å². The predicted octanol–water partition coefficient (Wildman–Crippen LogP) is 1.82. The molecule has 0 aliphatic heterocycles. The fourth-order valence-corrected chi connectivity index (χ4v) is 1.17. The van der Waals surface area contributed by atoms with Crippen molar-refractivity contribution in [1.82, 2.24) is 5.32 Å². The lowest BCUT2D eigenvalue weighted by molar-refractivity contribution is 0.0472. The summed E-state index contributed by atoms with van der Waals surface area (Å²) in [5.41, 5.74) is 0. The van der Waals surface area contributed by atoms with Crippen molar-refractivity contribution in [3.63, 3.8) is 0 Å². The molecular weight excluding hydrogens is 202 g/mol. The molecule has 16 heavy (non-hydrogen) atoms. The van der Waals surface area contributed by atoms with Gasteiger partial charge in [0.05, 0.1) is 13.2 Å². The molecular formula is C13H25NO2. The largest absolute Gasteiger partial charge is 0.379 e. The van der Waals surface area contributed by atoms with Crippen molar-refractivity contribution in [2.45, 2.75) is 33.1 Å². The van der Waals surface area contributed by atoms with Gasteiger partial charge in [0, 0.05) is 26.2 Å². The molecule has 0 aromatic carbocycles. The van der Waals surface area contributed by atoms with E-state index in [4.69, 9.17) is 9.47 Å². The van der Waals surface area contributed by atoms with E-state index in [-0.39, 0.29) is 0 Å². The van der Waals surface area contributed by atoms with Crippen LogP contribution in [0, 0.1) is 11.8 Å². The minimum Gasteiger partial charge on any atom is -0.379 e. The van der Waals surface area contributed by atoms with Gasteiger partial charge in [-0.1, -0.05) is 6.92 Å². The molecule has 0 unspecified atom stereocenters. The van der Waals surface area contributed by atoms with Gasteiger partial charge in [-0.25, -0.2) is 0 Å². The molecule has 0 spiro atoms. The fourth-order valence-electron chi connectivity index (χ4n) is 1.17. The lowest BCUT2D eigenvalue weighted by atomic mass is 10.4. The van der Waals surface area contributed by atoms with Crippen LogP contribution < -0.4 is 5.32 Å². The average molecular weight is 227 g/mol. The second-order valence-electron chi connectivity index (χ2n) is 3.51. The first-order chi connectivity index (χ1) is 7.91. The van der Waals surface area contributed by atoms with Crippen LogP contribution in [0.3, 0.4) is 0 Å². The normalized spacial score (nSPS) is 9.88. The van der Waals surface area contributed by atoms with Gasteiger partial charge in [0.25, 0.3) is 0 Å². The molecule has 0 amide bonds. The van der Waals surface area contributed by atoms with E-state index in [1.807, 2.05) is 6.92 Å². The molecule has 0 bridgehead atoms. The highest BCUT2D eigenvalue weighted by Gasteiger charge is 1.90. The zero-order valence-corrected chi connectivity index (χ0v) is 10.7. The van der Waals surface area contributed by atoms with Crippen molar-refractivity contribution < 1.29 is 9.47 Å². The molecule has 0 radical (unpaired) electrons. The maximum Gasteiger partial charge on any atom is 0.0700 e. The number of rotatable bonds is 11. The monoisotopic (exact) mass is 227 g/mol. The first kappa shape index (κ1) is 15.4. The summed E-state index contributed by atoms with van der Waals surface area (Å²) in [5.74, 6) is 5.89. The maximum atomic E-state index is 5.41. The van der Waals surface area contributed by atoms with E-state index >= 15 is 0 Å². The van der Waals surface area contributed by atoms with E-state index in [1.165, 1.54) is 0 Å². The van der Waals surface area contributed by atoms with Gasteiger partial charge in [0.15, 0.2) is 0 Å². The summed E-state index contributed by atoms with van der Waals surface area (Å²) in [6.07, 6.45) is 3.06. The molecule has 0 fully saturated rings. The van der Waals surface area contributed by atoms with Gasteiger partial charge in [0.1, 0.15) is 0 Å². The van der Waals surface area contributed by atoms with Gasteiger partial charge >= 0.3 is 0 Å². The standard InChI is InChI=1S/C13H25NO2/c1-3-5-6-8-14-9-7-11-16-13-12-15-10-4-2/h14H,4,6-13H2,1-2H3. The molecule has 0 atom stereocenters. The van der Waals surface area contributed by atoms with Crippen LogP contribution in [0.25, 0.3) is 0 Å². The van der Waals surface area contributed by atoms with Crippen molar-refractivity contribution in [3.8, 4) is 11.8 Å². The minimum atomic E-state index is 0.710. The van der Waals surface area contributed by atoms with Crippen molar-refractivity contribution in [2.75, 3.05) is 39.5 Å². The van der Waals surface area contributed by atoms with Crippen LogP contribution in [-0.2, 0) is 9.47 Å². The minimum absolute atomic E-state index is 0.710. The van der Waals surface area contributed by atoms with Crippen molar-refractivity contribution in [2.24, 2.45) is 0 Å². The van der Waals surface area contributed by atoms with Crippen molar-refractivity contribution in [3.05, 3.63) is 0 Å². The Hall–Kier alpha value is -0.560. The SMILES string of the molecule is CC#CCCNCCCOCCOCCC. The summed E-state index contributed by atoms with van der Waals surface area (Å²) in [6.45, 7) is 9.02. The second-order valence-corrected chi connectivity index (χ2v) is 3.51. The van der Waals surface area contributed by atoms with Crippen LogP contribution >= 0.6 is 0 Å². The molecule has 0 saturated heterocycles. The summed E-state index contributed by atoms with van der Waals surface area (Å²) in [4.78, 5) is 0. The molecule has 0 aliphatic carbocycles. The van der Waals surface area contributed by atoms with Crippen LogP contribution in [0.5, 0.6) is 0 Å². The molecule has 3 heteroatoms. The highest BCUT2D eigenvalue weighted by atomic mass is 16.5. The van der Waals surface area contributed by atoms with E-state index in [2.05, 4.69) is 24.1 Å². The molecule has 0 heterocycles. The molecule has 0 aromatic heterocycles. The highest BCUT2D eigenvalue weighted by molar-refractivity contribution is 4.94. The van der Waals surface area contributed by atoms with Gasteiger partial charge in [-0.05, 0) is 26.3 Å². The van der Waals surface area contributed by atoms with E-state index < -0.39 is 0 Å². The Balaban J connectivity index is 2.89. The van der Waals surface area contributed by atoms with Crippen LogP contribution in [0.1, 0.15) is 33.1 Å². The quantitative estimate of drug-likeness (QED) is 0.431. The third-order valence-electron chi connectivity index (χ3n) is 1.97. The van der Waals surface area contributed by atoms with Crippen LogP contribution in [0.15, 0.2) is 0 Å². The van der Waals surface area contributed by atoms with E-state index in [0.717, 1.165) is 45.6 Å². The Kier molecular flexibility index (Phi) is 13.9. The molecule has 3 nitrogen and oxygen atoms in total. The summed E-state index contributed by atoms with van der Waals surface area (Å²) < 4.78 is 10.7. The van der Waals surface area contributed by atoms with Gasteiger partial charge in [-0.15, -0.1) is 11.8 Å². The van der Waals surface area contributed by atoms with Crippen LogP contribution in [0.2, 0.25) is 0 Å². The Labute approximate surface area is 99.9 Å². The Morgan fingerprint density at radius 3 is 2.44 bits per heavy atom. The Morgan fingerprint density at radius 2 is 1.75 bits per heavy atom. The zero-order valence-electron chi connectivity index (χ0n) is 10.7. The number of hydrogen-bond donors (Lipinski definition) is 1. The highest BCUT2D eigenvalue weighted by Crippen LogP contribution is 1.84. The first-order valence-electron chi connectivity index (χ1n) is 6.17. The van der Waals surface area contributed by atoms with E-state index in [0.29, 0.717) is 13.2 Å². The number of hydrogen-bond acceptors (Lipinski definition) is 3. The summed E-state index contributed by atoms with van der Waals surface area (Å²) in [5, 5.41) is 3.32. The smallest absolute Gasteiger partial charge is 0.0700 e. The van der Waals surface area contributed by atoms with Crippen LogP contribution in [-0.4, -0.2) is 39.5 Å². The first-order valence-corrected chi connectivity index (χ1v) is 6.17. The number of nitrogens with one attached hydrogen (secondary N) is 1. The van der Waals surface area contributed by atoms with Gasteiger partial charge in [-0.2, -0.15) is 0 Å². The zero-order chi connectivity index (χ0) is 11.9. The predicted molar refractivity (Wildman–Crippen MR) is 67.5 cm³/mol. The topological polar surface area (TPSA) is 30.5 Å². The third kappa shape index (κ3) is 13.4. The molecule has 0 aliphatic rings. The van der Waals surface area contributed by atoms with E-state index in [9.17, 15) is 0 Å². The second kappa shape index (κ2) is 14.4. The molecule has 0 saturated carbocycles. The third-order valence-corrected chi connectivity index (χ3v) is 1.97. The lowest BCUT2D eigenvalue weighted by Crippen LogP contribution is -2.18. The average Bonchev–Trinajstić information content (AvgIpc) is 2.31. The van der Waals surface area contributed by atoms with Gasteiger partial charge < -0.3 is 14.8 Å². The fraction of sp³-hybridized carbons (Fsp3) is 0.846. The van der Waals surface area contributed by atoms with Crippen LogP contribution in [0.4, 0.5) is 0 Å². The maximum absolute atomic E-state index is 5.41. The Bertz CT molecular complexity index is 184. The summed E-state index contributed by atoms with van der Waals surface area (Å²) >= 11 is 0. The lowest BCUT2D eigenvalue weighted by Gasteiger charge is -2.05. The molecule has 0 rings (SSSR count). The molecule has 94 valence electrons. The summed E-state index contributed by atoms with van der Waals surface area (Å²) in [6, 6.07) is 0. The molecule has 1 N–H and O–H groups in total. The number of ether oxygens (including phenoxy) is 2. The Morgan fingerprint density at radius 1 is 1.00 bits per heavy atom. The van der Waals surface area contributed by atoms with Gasteiger partial charge in [-0.3, -0.25) is 0 Å². The summed E-state index contributed by atoms with van der Waals surface area (Å²) in [7, 11) is 0. The van der Waals surface area contributed by atoms with Crippen molar-refractivity contribution in [1.29, 1.82) is 0 Å². The van der Waals surface area contributed by atoms with Crippen molar-refractivity contribution >= 4 is 0 Å². The van der Waals surface area contributed by atoms with Gasteiger partial charge in [0.2, 0.25) is 0 Å². The molecule has 0 aromatic rings.